The lowest BCUT2D eigenvalue weighted by molar-refractivity contribution is -0.141. The number of carbonyl (C=O) groups excluding carboxylic acids is 1. The lowest BCUT2D eigenvalue weighted by atomic mass is 10.2. The van der Waals surface area contributed by atoms with Gasteiger partial charge in [0, 0.05) is 6.04 Å². The van der Waals surface area contributed by atoms with Crippen LogP contribution in [0.2, 0.25) is 0 Å². The molecular formula is C10H12F3N3O2. The van der Waals surface area contributed by atoms with Gasteiger partial charge in [0.15, 0.2) is 0 Å². The number of hydrogen-bond donors (Lipinski definition) is 3. The van der Waals surface area contributed by atoms with Crippen LogP contribution < -0.4 is 11.1 Å². The zero-order chi connectivity index (χ0) is 13.9. The van der Waals surface area contributed by atoms with E-state index in [0.717, 1.165) is 6.07 Å². The smallest absolute Gasteiger partial charge is 0.394 e. The average Bonchev–Trinajstić information content (AvgIpc) is 2.27. The molecule has 0 aromatic carbocycles. The predicted molar refractivity (Wildman–Crippen MR) is 57.9 cm³/mol. The van der Waals surface area contributed by atoms with Crippen molar-refractivity contribution in [1.82, 2.24) is 4.98 Å². The number of anilines is 1. The van der Waals surface area contributed by atoms with Gasteiger partial charge in [0.2, 0.25) is 0 Å². The number of pyridine rings is 1. The fourth-order valence-corrected chi connectivity index (χ4v) is 1.20. The minimum Gasteiger partial charge on any atom is -0.394 e. The van der Waals surface area contributed by atoms with Crippen molar-refractivity contribution in [2.45, 2.75) is 19.1 Å². The summed E-state index contributed by atoms with van der Waals surface area (Å²) < 4.78 is 37.4. The van der Waals surface area contributed by atoms with Crippen molar-refractivity contribution in [1.29, 1.82) is 0 Å². The van der Waals surface area contributed by atoms with Crippen LogP contribution in [0.1, 0.15) is 23.0 Å². The number of nitrogens with zero attached hydrogens (tertiary/aromatic N) is 1. The first-order chi connectivity index (χ1) is 8.25. The van der Waals surface area contributed by atoms with Gasteiger partial charge < -0.3 is 16.2 Å². The SMILES string of the molecule is CC(CO)Nc1nc(C(F)(F)F)ccc1C(N)=O. The van der Waals surface area contributed by atoms with Crippen molar-refractivity contribution in [2.75, 3.05) is 11.9 Å². The third-order valence-corrected chi connectivity index (χ3v) is 2.11. The normalized spacial score (nSPS) is 13.2. The van der Waals surface area contributed by atoms with Crippen LogP contribution >= 0.6 is 0 Å². The molecule has 5 nitrogen and oxygen atoms in total. The topological polar surface area (TPSA) is 88.2 Å². The minimum absolute atomic E-state index is 0.164. The number of halogens is 3. The highest BCUT2D eigenvalue weighted by atomic mass is 19.4. The molecule has 0 aliphatic rings. The second kappa shape index (κ2) is 5.21. The van der Waals surface area contributed by atoms with Gasteiger partial charge >= 0.3 is 6.18 Å². The minimum atomic E-state index is -4.62. The second-order valence-electron chi connectivity index (χ2n) is 3.68. The Morgan fingerprint density at radius 3 is 2.61 bits per heavy atom. The molecule has 1 aromatic heterocycles. The maximum absolute atomic E-state index is 12.5. The van der Waals surface area contributed by atoms with Gasteiger partial charge in [-0.15, -0.1) is 0 Å². The lowest BCUT2D eigenvalue weighted by Gasteiger charge is -2.15. The molecule has 1 atom stereocenters. The van der Waals surface area contributed by atoms with Crippen LogP contribution in [-0.4, -0.2) is 28.6 Å². The first-order valence-corrected chi connectivity index (χ1v) is 5.01. The maximum Gasteiger partial charge on any atom is 0.433 e. The number of nitrogens with one attached hydrogen (secondary N) is 1. The van der Waals surface area contributed by atoms with Crippen molar-refractivity contribution < 1.29 is 23.1 Å². The van der Waals surface area contributed by atoms with Gasteiger partial charge in [-0.1, -0.05) is 0 Å². The molecule has 4 N–H and O–H groups in total. The fraction of sp³-hybridized carbons (Fsp3) is 0.400. The Labute approximate surface area is 101 Å². The van der Waals surface area contributed by atoms with Crippen molar-refractivity contribution in [3.63, 3.8) is 0 Å². The molecule has 1 heterocycles. The largest absolute Gasteiger partial charge is 0.433 e. The lowest BCUT2D eigenvalue weighted by Crippen LogP contribution is -2.24. The Kier molecular flexibility index (Phi) is 4.12. The average molecular weight is 263 g/mol. The molecule has 0 saturated carbocycles. The number of primary amides is 1. The van der Waals surface area contributed by atoms with Crippen LogP contribution in [0.3, 0.4) is 0 Å². The summed E-state index contributed by atoms with van der Waals surface area (Å²) in [5.41, 5.74) is 3.73. The number of nitrogens with two attached hydrogens (primary N) is 1. The Morgan fingerprint density at radius 1 is 1.56 bits per heavy atom. The summed E-state index contributed by atoms with van der Waals surface area (Å²) in [6.45, 7) is 1.20. The Hall–Kier alpha value is -1.83. The van der Waals surface area contributed by atoms with E-state index in [1.165, 1.54) is 6.92 Å². The summed E-state index contributed by atoms with van der Waals surface area (Å²) in [6.07, 6.45) is -4.62. The molecule has 0 fully saturated rings. The second-order valence-corrected chi connectivity index (χ2v) is 3.68. The molecule has 8 heteroatoms. The Balaban J connectivity index is 3.20. The highest BCUT2D eigenvalue weighted by Gasteiger charge is 2.33. The number of hydrogen-bond acceptors (Lipinski definition) is 4. The molecule has 1 rings (SSSR count). The summed E-state index contributed by atoms with van der Waals surface area (Å²) in [4.78, 5) is 14.4. The molecule has 0 radical (unpaired) electrons. The monoisotopic (exact) mass is 263 g/mol. The van der Waals surface area contributed by atoms with E-state index in [1.54, 1.807) is 0 Å². The van der Waals surface area contributed by atoms with Crippen molar-refractivity contribution >= 4 is 11.7 Å². The van der Waals surface area contributed by atoms with Crippen LogP contribution in [0, 0.1) is 0 Å². The molecule has 0 aliphatic heterocycles. The molecule has 100 valence electrons. The van der Waals surface area contributed by atoms with E-state index in [1.807, 2.05) is 0 Å². The van der Waals surface area contributed by atoms with Crippen molar-refractivity contribution in [2.24, 2.45) is 5.73 Å². The van der Waals surface area contributed by atoms with Gasteiger partial charge in [-0.25, -0.2) is 4.98 Å². The van der Waals surface area contributed by atoms with Gasteiger partial charge in [-0.2, -0.15) is 13.2 Å². The summed E-state index contributed by atoms with van der Waals surface area (Å²) >= 11 is 0. The van der Waals surface area contributed by atoms with Crippen LogP contribution in [0.5, 0.6) is 0 Å². The Morgan fingerprint density at radius 2 is 2.17 bits per heavy atom. The van der Waals surface area contributed by atoms with E-state index in [2.05, 4.69) is 10.3 Å². The first-order valence-electron chi connectivity index (χ1n) is 5.01. The van der Waals surface area contributed by atoms with Gasteiger partial charge in [0.25, 0.3) is 5.91 Å². The maximum atomic E-state index is 12.5. The molecule has 0 aliphatic carbocycles. The van der Waals surface area contributed by atoms with Crippen LogP contribution in [0.4, 0.5) is 19.0 Å². The zero-order valence-corrected chi connectivity index (χ0v) is 9.45. The molecule has 0 saturated heterocycles. The van der Waals surface area contributed by atoms with Crippen molar-refractivity contribution in [3.8, 4) is 0 Å². The third kappa shape index (κ3) is 3.33. The molecule has 0 bridgehead atoms. The first kappa shape index (κ1) is 14.2. The Bertz CT molecular complexity index is 448. The highest BCUT2D eigenvalue weighted by molar-refractivity contribution is 5.97. The van der Waals surface area contributed by atoms with Crippen LogP contribution in [0.15, 0.2) is 12.1 Å². The highest BCUT2D eigenvalue weighted by Crippen LogP contribution is 2.29. The fourth-order valence-electron chi connectivity index (χ4n) is 1.20. The molecule has 1 unspecified atom stereocenters. The third-order valence-electron chi connectivity index (χ3n) is 2.11. The van der Waals surface area contributed by atoms with E-state index in [-0.39, 0.29) is 18.0 Å². The molecule has 18 heavy (non-hydrogen) atoms. The molecule has 0 spiro atoms. The zero-order valence-electron chi connectivity index (χ0n) is 9.45. The van der Waals surface area contributed by atoms with Crippen molar-refractivity contribution in [3.05, 3.63) is 23.4 Å². The number of aliphatic hydroxyl groups is 1. The van der Waals surface area contributed by atoms with Crippen LogP contribution in [0.25, 0.3) is 0 Å². The summed E-state index contributed by atoms with van der Waals surface area (Å²) in [5, 5.41) is 11.3. The van der Waals surface area contributed by atoms with E-state index in [9.17, 15) is 18.0 Å². The van der Waals surface area contributed by atoms with Gasteiger partial charge in [-0.05, 0) is 19.1 Å². The molecule has 1 amide bonds. The number of aliphatic hydroxyl groups excluding tert-OH is 1. The summed E-state index contributed by atoms with van der Waals surface area (Å²) in [7, 11) is 0. The quantitative estimate of drug-likeness (QED) is 0.756. The van der Waals surface area contributed by atoms with E-state index >= 15 is 0 Å². The molecular weight excluding hydrogens is 251 g/mol. The summed E-state index contributed by atoms with van der Waals surface area (Å²) in [5.74, 6) is -1.19. The number of rotatable bonds is 4. The standard InChI is InChI=1S/C10H12F3N3O2/c1-5(4-17)15-9-6(8(14)18)2-3-7(16-9)10(11,12)13/h2-3,5,17H,4H2,1H3,(H2,14,18)(H,15,16). The van der Waals surface area contributed by atoms with E-state index in [4.69, 9.17) is 10.8 Å². The van der Waals surface area contributed by atoms with E-state index < -0.39 is 23.8 Å². The number of carbonyl (C=O) groups is 1. The predicted octanol–water partition coefficient (Wildman–Crippen LogP) is 0.992. The number of alkyl halides is 3. The van der Waals surface area contributed by atoms with Gasteiger partial charge in [0.1, 0.15) is 11.5 Å². The van der Waals surface area contributed by atoms with Crippen LogP contribution in [-0.2, 0) is 6.18 Å². The van der Waals surface area contributed by atoms with E-state index in [0.29, 0.717) is 6.07 Å². The summed E-state index contributed by atoms with van der Waals surface area (Å²) in [6, 6.07) is 1.07. The molecule has 1 aromatic rings. The van der Waals surface area contributed by atoms with Gasteiger partial charge in [0.05, 0.1) is 12.2 Å². The number of aromatic nitrogens is 1. The number of amides is 1. The van der Waals surface area contributed by atoms with Gasteiger partial charge in [-0.3, -0.25) is 4.79 Å².